The highest BCUT2D eigenvalue weighted by Gasteiger charge is 2.17. The Kier molecular flexibility index (Phi) is 6.19. The Balaban J connectivity index is 2.61. The highest BCUT2D eigenvalue weighted by atomic mass is 16.5. The van der Waals surface area contributed by atoms with Gasteiger partial charge < -0.3 is 19.7 Å². The van der Waals surface area contributed by atoms with E-state index in [1.165, 1.54) is 0 Å². The molecule has 0 amide bonds. The molecule has 2 N–H and O–H groups in total. The molecule has 0 fully saturated rings. The largest absolute Gasteiger partial charge is 0.493 e. The first-order chi connectivity index (χ1) is 8.58. The second kappa shape index (κ2) is 7.41. The van der Waals surface area contributed by atoms with E-state index in [9.17, 15) is 10.0 Å². The van der Waals surface area contributed by atoms with Gasteiger partial charge in [0, 0.05) is 12.0 Å². The molecular formula is C13H22BNO3. The molecule has 0 aliphatic rings. The maximum Gasteiger partial charge on any atom is 0.492 e. The van der Waals surface area contributed by atoms with Crippen molar-refractivity contribution < 1.29 is 14.8 Å². The molecule has 0 aromatic heterocycles. The Bertz CT molecular complexity index is 367. The average molecular weight is 251 g/mol. The predicted octanol–water partition coefficient (Wildman–Crippen LogP) is 0.395. The Labute approximate surface area is 109 Å². The van der Waals surface area contributed by atoms with E-state index in [0.29, 0.717) is 17.8 Å². The summed E-state index contributed by atoms with van der Waals surface area (Å²) in [6.07, 6.45) is 0. The number of likely N-dealkylation sites (N-methyl/N-ethyl adjacent to an activating group) is 1. The third kappa shape index (κ3) is 4.33. The van der Waals surface area contributed by atoms with Gasteiger partial charge in [0.05, 0.1) is 0 Å². The molecule has 0 radical (unpaired) electrons. The number of aryl methyl sites for hydroxylation is 1. The van der Waals surface area contributed by atoms with Gasteiger partial charge in [-0.2, -0.15) is 0 Å². The maximum absolute atomic E-state index is 9.29. The number of rotatable bonds is 7. The molecule has 1 aromatic rings. The minimum absolute atomic E-state index is 0.426. The van der Waals surface area contributed by atoms with Gasteiger partial charge >= 0.3 is 7.12 Å². The summed E-state index contributed by atoms with van der Waals surface area (Å²) in [7, 11) is -1.49. The summed E-state index contributed by atoms with van der Waals surface area (Å²) in [6, 6.07) is 5.42. The van der Waals surface area contributed by atoms with Gasteiger partial charge in [-0.1, -0.05) is 31.5 Å². The summed E-state index contributed by atoms with van der Waals surface area (Å²) in [6.45, 7) is 9.49. The highest BCUT2D eigenvalue weighted by molar-refractivity contribution is 6.59. The highest BCUT2D eigenvalue weighted by Crippen LogP contribution is 2.10. The van der Waals surface area contributed by atoms with Crippen LogP contribution in [0.3, 0.4) is 0 Å². The average Bonchev–Trinajstić information content (AvgIpc) is 2.36. The van der Waals surface area contributed by atoms with Gasteiger partial charge in [0.25, 0.3) is 0 Å². The summed E-state index contributed by atoms with van der Waals surface area (Å²) >= 11 is 0. The Morgan fingerprint density at radius 3 is 2.44 bits per heavy atom. The fraction of sp³-hybridized carbons (Fsp3) is 0.538. The topological polar surface area (TPSA) is 52.9 Å². The van der Waals surface area contributed by atoms with Crippen molar-refractivity contribution in [2.45, 2.75) is 20.8 Å². The first-order valence-corrected chi connectivity index (χ1v) is 6.40. The van der Waals surface area contributed by atoms with Crippen molar-refractivity contribution in [1.29, 1.82) is 0 Å². The first-order valence-electron chi connectivity index (χ1n) is 6.40. The molecule has 4 nitrogen and oxygen atoms in total. The van der Waals surface area contributed by atoms with Crippen LogP contribution in [0.25, 0.3) is 0 Å². The van der Waals surface area contributed by atoms with Crippen LogP contribution in [0.2, 0.25) is 0 Å². The van der Waals surface area contributed by atoms with Crippen LogP contribution in [-0.2, 0) is 0 Å². The minimum Gasteiger partial charge on any atom is -0.493 e. The Morgan fingerprint density at radius 2 is 1.89 bits per heavy atom. The van der Waals surface area contributed by atoms with Crippen LogP contribution < -0.4 is 10.2 Å². The van der Waals surface area contributed by atoms with Gasteiger partial charge in [0.2, 0.25) is 0 Å². The van der Waals surface area contributed by atoms with Crippen LogP contribution in [0, 0.1) is 6.92 Å². The third-order valence-corrected chi connectivity index (χ3v) is 3.00. The van der Waals surface area contributed by atoms with E-state index < -0.39 is 7.12 Å². The summed E-state index contributed by atoms with van der Waals surface area (Å²) < 4.78 is 5.63. The zero-order valence-electron chi connectivity index (χ0n) is 11.4. The quantitative estimate of drug-likeness (QED) is 0.688. The standard InChI is InChI=1S/C13H22BNO3/c1-4-15(5-2)8-9-18-13-7-6-11(3)10-12(13)14(16)17/h6-7,10,16-17H,4-5,8-9H2,1-3H3. The summed E-state index contributed by atoms with van der Waals surface area (Å²) in [5.41, 5.74) is 1.41. The van der Waals surface area contributed by atoms with E-state index in [1.54, 1.807) is 12.1 Å². The summed E-state index contributed by atoms with van der Waals surface area (Å²) in [4.78, 5) is 2.25. The lowest BCUT2D eigenvalue weighted by Gasteiger charge is -2.19. The predicted molar refractivity (Wildman–Crippen MR) is 74.3 cm³/mol. The van der Waals surface area contributed by atoms with Crippen molar-refractivity contribution in [3.05, 3.63) is 23.8 Å². The molecule has 18 heavy (non-hydrogen) atoms. The van der Waals surface area contributed by atoms with Gasteiger partial charge in [-0.3, -0.25) is 0 Å². The third-order valence-electron chi connectivity index (χ3n) is 3.00. The van der Waals surface area contributed by atoms with Crippen LogP contribution in [0.5, 0.6) is 5.75 Å². The lowest BCUT2D eigenvalue weighted by atomic mass is 9.79. The lowest BCUT2D eigenvalue weighted by Crippen LogP contribution is -2.33. The molecule has 0 saturated heterocycles. The number of ether oxygens (including phenoxy) is 1. The number of hydrogen-bond acceptors (Lipinski definition) is 4. The second-order valence-electron chi connectivity index (χ2n) is 4.29. The second-order valence-corrected chi connectivity index (χ2v) is 4.29. The monoisotopic (exact) mass is 251 g/mol. The fourth-order valence-electron chi connectivity index (χ4n) is 1.83. The van der Waals surface area contributed by atoms with Crippen molar-refractivity contribution in [3.8, 4) is 5.75 Å². The molecule has 0 unspecified atom stereocenters. The number of hydrogen-bond donors (Lipinski definition) is 2. The molecule has 0 spiro atoms. The summed E-state index contributed by atoms with van der Waals surface area (Å²) in [5.74, 6) is 0.544. The zero-order chi connectivity index (χ0) is 13.5. The van der Waals surface area contributed by atoms with Crippen molar-refractivity contribution in [2.24, 2.45) is 0 Å². The molecule has 1 aromatic carbocycles. The van der Waals surface area contributed by atoms with Crippen molar-refractivity contribution in [3.63, 3.8) is 0 Å². The van der Waals surface area contributed by atoms with Gasteiger partial charge in [0.15, 0.2) is 0 Å². The van der Waals surface area contributed by atoms with Gasteiger partial charge in [-0.05, 0) is 26.1 Å². The van der Waals surface area contributed by atoms with E-state index in [0.717, 1.165) is 25.2 Å². The Morgan fingerprint density at radius 1 is 1.22 bits per heavy atom. The molecule has 0 atom stereocenters. The molecule has 1 rings (SSSR count). The van der Waals surface area contributed by atoms with E-state index >= 15 is 0 Å². The Hall–Kier alpha value is -1.04. The normalized spacial score (nSPS) is 10.8. The maximum atomic E-state index is 9.29. The summed E-state index contributed by atoms with van der Waals surface area (Å²) in [5, 5.41) is 18.6. The van der Waals surface area contributed by atoms with E-state index in [1.807, 2.05) is 13.0 Å². The van der Waals surface area contributed by atoms with Crippen LogP contribution in [0.4, 0.5) is 0 Å². The molecule has 0 aliphatic carbocycles. The SMILES string of the molecule is CCN(CC)CCOc1ccc(C)cc1B(O)O. The first kappa shape index (κ1) is 15.0. The van der Waals surface area contributed by atoms with E-state index in [4.69, 9.17) is 4.74 Å². The molecular weight excluding hydrogens is 229 g/mol. The van der Waals surface area contributed by atoms with Crippen LogP contribution in [0.1, 0.15) is 19.4 Å². The van der Waals surface area contributed by atoms with Crippen molar-refractivity contribution in [1.82, 2.24) is 4.90 Å². The van der Waals surface area contributed by atoms with E-state index in [-0.39, 0.29) is 0 Å². The van der Waals surface area contributed by atoms with Gasteiger partial charge in [-0.15, -0.1) is 0 Å². The lowest BCUT2D eigenvalue weighted by molar-refractivity contribution is 0.223. The minimum atomic E-state index is -1.49. The van der Waals surface area contributed by atoms with Crippen LogP contribution in [-0.4, -0.2) is 48.3 Å². The fourth-order valence-corrected chi connectivity index (χ4v) is 1.83. The van der Waals surface area contributed by atoms with Gasteiger partial charge in [-0.25, -0.2) is 0 Å². The molecule has 0 saturated carbocycles. The number of nitrogens with zero attached hydrogens (tertiary/aromatic N) is 1. The molecule has 0 heterocycles. The smallest absolute Gasteiger partial charge is 0.492 e. The van der Waals surface area contributed by atoms with Crippen LogP contribution >= 0.6 is 0 Å². The van der Waals surface area contributed by atoms with Gasteiger partial charge in [0.1, 0.15) is 12.4 Å². The molecule has 0 aliphatic heterocycles. The molecule has 5 heteroatoms. The zero-order valence-corrected chi connectivity index (χ0v) is 11.4. The molecule has 100 valence electrons. The van der Waals surface area contributed by atoms with Crippen molar-refractivity contribution in [2.75, 3.05) is 26.2 Å². The van der Waals surface area contributed by atoms with E-state index in [2.05, 4.69) is 18.7 Å². The molecule has 0 bridgehead atoms. The van der Waals surface area contributed by atoms with Crippen molar-refractivity contribution >= 4 is 12.6 Å². The number of benzene rings is 1. The van der Waals surface area contributed by atoms with Crippen LogP contribution in [0.15, 0.2) is 18.2 Å².